The lowest BCUT2D eigenvalue weighted by Gasteiger charge is -2.10. The molecule has 0 saturated heterocycles. The second kappa shape index (κ2) is 6.42. The largest absolute Gasteiger partial charge is 0.486 e. The van der Waals surface area contributed by atoms with Crippen LogP contribution in [-0.4, -0.2) is 4.57 Å². The van der Waals surface area contributed by atoms with Gasteiger partial charge in [-0.15, -0.1) is 0 Å². The average Bonchev–Trinajstić information content (AvgIpc) is 2.91. The number of rotatable bonds is 5. The molecule has 0 aliphatic rings. The van der Waals surface area contributed by atoms with Crippen LogP contribution in [0.4, 0.5) is 0 Å². The van der Waals surface area contributed by atoms with Crippen LogP contribution >= 0.6 is 11.6 Å². The summed E-state index contributed by atoms with van der Waals surface area (Å²) in [6.07, 6.45) is 0. The molecule has 2 aromatic carbocycles. The Morgan fingerprint density at radius 2 is 1.95 bits per heavy atom. The van der Waals surface area contributed by atoms with Crippen molar-refractivity contribution in [2.24, 2.45) is 5.73 Å². The Morgan fingerprint density at radius 3 is 2.68 bits per heavy atom. The van der Waals surface area contributed by atoms with Crippen LogP contribution in [0, 0.1) is 0 Å². The summed E-state index contributed by atoms with van der Waals surface area (Å²) in [5.41, 5.74) is 9.32. The van der Waals surface area contributed by atoms with Gasteiger partial charge in [0.25, 0.3) is 0 Å². The number of aromatic nitrogens is 1. The molecule has 3 nitrogen and oxygen atoms in total. The summed E-state index contributed by atoms with van der Waals surface area (Å²) in [5, 5.41) is 1.83. The van der Waals surface area contributed by atoms with Gasteiger partial charge in [0.2, 0.25) is 0 Å². The van der Waals surface area contributed by atoms with Crippen LogP contribution in [0.2, 0.25) is 5.02 Å². The van der Waals surface area contributed by atoms with E-state index in [0.717, 1.165) is 17.8 Å². The molecule has 0 saturated carbocycles. The minimum atomic E-state index is 0.482. The Hall–Kier alpha value is -1.97. The van der Waals surface area contributed by atoms with Crippen molar-refractivity contribution in [1.29, 1.82) is 0 Å². The molecule has 4 heteroatoms. The topological polar surface area (TPSA) is 40.2 Å². The summed E-state index contributed by atoms with van der Waals surface area (Å²) < 4.78 is 8.14. The smallest absolute Gasteiger partial charge is 0.138 e. The molecule has 1 heterocycles. The summed E-state index contributed by atoms with van der Waals surface area (Å²) in [6.45, 7) is 4.04. The van der Waals surface area contributed by atoms with Gasteiger partial charge in [0, 0.05) is 24.0 Å². The Morgan fingerprint density at radius 1 is 1.14 bits per heavy atom. The molecule has 1 aromatic heterocycles. The van der Waals surface area contributed by atoms with Gasteiger partial charge < -0.3 is 15.0 Å². The third-order valence-electron chi connectivity index (χ3n) is 3.87. The monoisotopic (exact) mass is 314 g/mol. The fourth-order valence-corrected chi connectivity index (χ4v) is 2.98. The van der Waals surface area contributed by atoms with E-state index in [1.807, 2.05) is 24.3 Å². The van der Waals surface area contributed by atoms with E-state index in [0.29, 0.717) is 23.9 Å². The number of nitrogens with zero attached hydrogens (tertiary/aromatic N) is 1. The number of benzene rings is 2. The predicted molar refractivity (Wildman–Crippen MR) is 91.3 cm³/mol. The molecule has 0 atom stereocenters. The number of ether oxygens (including phenoxy) is 1. The van der Waals surface area contributed by atoms with Crippen molar-refractivity contribution in [3.8, 4) is 5.75 Å². The van der Waals surface area contributed by atoms with E-state index in [-0.39, 0.29) is 0 Å². The first-order valence-electron chi connectivity index (χ1n) is 7.42. The van der Waals surface area contributed by atoms with E-state index >= 15 is 0 Å². The van der Waals surface area contributed by atoms with Gasteiger partial charge in [-0.3, -0.25) is 0 Å². The minimum Gasteiger partial charge on any atom is -0.486 e. The van der Waals surface area contributed by atoms with Crippen molar-refractivity contribution < 1.29 is 4.74 Å². The molecule has 2 N–H and O–H groups in total. The molecule has 0 bridgehead atoms. The van der Waals surface area contributed by atoms with Gasteiger partial charge in [0.05, 0.1) is 10.7 Å². The predicted octanol–water partition coefficient (Wildman–Crippen LogP) is 4.35. The standard InChI is InChI=1S/C18H19ClN2O/c1-2-21-14(12-22-18-9-4-3-7-16(18)19)10-15-13(11-20)6-5-8-17(15)21/h3-10H,2,11-12,20H2,1H3. The van der Waals surface area contributed by atoms with Crippen LogP contribution in [0.25, 0.3) is 10.9 Å². The fourth-order valence-electron chi connectivity index (χ4n) is 2.79. The number of aryl methyl sites for hydroxylation is 1. The van der Waals surface area contributed by atoms with E-state index in [4.69, 9.17) is 22.1 Å². The fraction of sp³-hybridized carbons (Fsp3) is 0.222. The molecule has 0 aliphatic heterocycles. The van der Waals surface area contributed by atoms with E-state index in [1.54, 1.807) is 0 Å². The van der Waals surface area contributed by atoms with Crippen molar-refractivity contribution in [2.45, 2.75) is 26.6 Å². The molecule has 22 heavy (non-hydrogen) atoms. The Bertz CT molecular complexity index is 795. The zero-order valence-electron chi connectivity index (χ0n) is 12.6. The van der Waals surface area contributed by atoms with Gasteiger partial charge in [0.15, 0.2) is 0 Å². The number of halogens is 1. The maximum absolute atomic E-state index is 6.14. The highest BCUT2D eigenvalue weighted by atomic mass is 35.5. The van der Waals surface area contributed by atoms with Gasteiger partial charge in [-0.2, -0.15) is 0 Å². The van der Waals surface area contributed by atoms with Gasteiger partial charge in [-0.1, -0.05) is 35.9 Å². The van der Waals surface area contributed by atoms with Crippen molar-refractivity contribution in [2.75, 3.05) is 0 Å². The lowest BCUT2D eigenvalue weighted by Crippen LogP contribution is -2.04. The normalized spacial score (nSPS) is 11.0. The maximum Gasteiger partial charge on any atom is 0.138 e. The van der Waals surface area contributed by atoms with Gasteiger partial charge in [-0.05, 0) is 36.8 Å². The third-order valence-corrected chi connectivity index (χ3v) is 4.18. The van der Waals surface area contributed by atoms with E-state index < -0.39 is 0 Å². The quantitative estimate of drug-likeness (QED) is 0.760. The lowest BCUT2D eigenvalue weighted by atomic mass is 10.1. The summed E-state index contributed by atoms with van der Waals surface area (Å²) in [7, 11) is 0. The summed E-state index contributed by atoms with van der Waals surface area (Å²) in [4.78, 5) is 0. The molecule has 0 fully saturated rings. The van der Waals surface area contributed by atoms with Crippen LogP contribution in [0.5, 0.6) is 5.75 Å². The average molecular weight is 315 g/mol. The molecular formula is C18H19ClN2O. The first-order valence-corrected chi connectivity index (χ1v) is 7.79. The van der Waals surface area contributed by atoms with Gasteiger partial charge >= 0.3 is 0 Å². The Labute approximate surface area is 135 Å². The highest BCUT2D eigenvalue weighted by molar-refractivity contribution is 6.32. The molecule has 0 amide bonds. The van der Waals surface area contributed by atoms with Crippen molar-refractivity contribution >= 4 is 22.5 Å². The van der Waals surface area contributed by atoms with Crippen molar-refractivity contribution in [3.05, 3.63) is 64.8 Å². The molecule has 114 valence electrons. The first kappa shape index (κ1) is 14.9. The third kappa shape index (κ3) is 2.70. The molecule has 3 aromatic rings. The Balaban J connectivity index is 1.95. The van der Waals surface area contributed by atoms with E-state index in [2.05, 4.69) is 35.8 Å². The van der Waals surface area contributed by atoms with Crippen LogP contribution in [-0.2, 0) is 19.7 Å². The van der Waals surface area contributed by atoms with Crippen LogP contribution in [0.3, 0.4) is 0 Å². The van der Waals surface area contributed by atoms with E-state index in [9.17, 15) is 0 Å². The van der Waals surface area contributed by atoms with Crippen LogP contribution < -0.4 is 10.5 Å². The Kier molecular flexibility index (Phi) is 4.36. The number of para-hydroxylation sites is 1. The molecule has 0 radical (unpaired) electrons. The highest BCUT2D eigenvalue weighted by Crippen LogP contribution is 2.27. The summed E-state index contributed by atoms with van der Waals surface area (Å²) in [5.74, 6) is 0.705. The zero-order chi connectivity index (χ0) is 15.5. The summed E-state index contributed by atoms with van der Waals surface area (Å²) in [6, 6.07) is 15.9. The highest BCUT2D eigenvalue weighted by Gasteiger charge is 2.11. The molecule has 0 spiro atoms. The van der Waals surface area contributed by atoms with Crippen molar-refractivity contribution in [3.63, 3.8) is 0 Å². The minimum absolute atomic E-state index is 0.482. The molecule has 0 aliphatic carbocycles. The molecule has 3 rings (SSSR count). The number of fused-ring (bicyclic) bond motifs is 1. The summed E-state index contributed by atoms with van der Waals surface area (Å²) >= 11 is 6.14. The van der Waals surface area contributed by atoms with Crippen LogP contribution in [0.15, 0.2) is 48.5 Å². The molecule has 0 unspecified atom stereocenters. The first-order chi connectivity index (χ1) is 10.7. The molecular weight excluding hydrogens is 296 g/mol. The number of hydrogen-bond donors (Lipinski definition) is 1. The zero-order valence-corrected chi connectivity index (χ0v) is 13.3. The maximum atomic E-state index is 6.14. The second-order valence-corrected chi connectivity index (χ2v) is 5.56. The number of nitrogens with two attached hydrogens (primary N) is 1. The second-order valence-electron chi connectivity index (χ2n) is 5.15. The lowest BCUT2D eigenvalue weighted by molar-refractivity contribution is 0.296. The van der Waals surface area contributed by atoms with Crippen molar-refractivity contribution in [1.82, 2.24) is 4.57 Å². The van der Waals surface area contributed by atoms with Gasteiger partial charge in [-0.25, -0.2) is 0 Å². The van der Waals surface area contributed by atoms with Gasteiger partial charge in [0.1, 0.15) is 12.4 Å². The number of hydrogen-bond acceptors (Lipinski definition) is 2. The SMILES string of the molecule is CCn1c(COc2ccccc2Cl)cc2c(CN)cccc21. The van der Waals surface area contributed by atoms with Crippen LogP contribution in [0.1, 0.15) is 18.2 Å². The van der Waals surface area contributed by atoms with E-state index in [1.165, 1.54) is 10.9 Å².